The molecular formula is C19H23NO3. The molecule has 0 aliphatic heterocycles. The Hall–Kier alpha value is -2.49. The van der Waals surface area contributed by atoms with Gasteiger partial charge in [0.25, 0.3) is 5.91 Å². The van der Waals surface area contributed by atoms with Gasteiger partial charge >= 0.3 is 0 Å². The maximum Gasteiger partial charge on any atom is 0.265 e. The standard InChI is InChI=1S/C19H23NO3/c1-4-14-9-11-15(12-10-14)20-19(21)18(5-2)23-17-8-6-7-16(13-17)22-3/h6-13,18H,4-5H2,1-3H3,(H,20,21)/t18-/m1/s1. The molecule has 0 aromatic heterocycles. The number of hydrogen-bond donors (Lipinski definition) is 1. The van der Waals surface area contributed by atoms with Crippen molar-refractivity contribution in [2.75, 3.05) is 12.4 Å². The van der Waals surface area contributed by atoms with Gasteiger partial charge in [-0.25, -0.2) is 0 Å². The first-order valence-electron chi connectivity index (χ1n) is 7.86. The fourth-order valence-corrected chi connectivity index (χ4v) is 2.21. The second kappa shape index (κ2) is 8.22. The average molecular weight is 313 g/mol. The Balaban J connectivity index is 2.02. The summed E-state index contributed by atoms with van der Waals surface area (Å²) >= 11 is 0. The van der Waals surface area contributed by atoms with Crippen molar-refractivity contribution in [2.24, 2.45) is 0 Å². The van der Waals surface area contributed by atoms with E-state index in [9.17, 15) is 4.79 Å². The predicted octanol–water partition coefficient (Wildman–Crippen LogP) is 4.05. The molecule has 1 atom stereocenters. The lowest BCUT2D eigenvalue weighted by atomic mass is 10.1. The van der Waals surface area contributed by atoms with Crippen molar-refractivity contribution in [3.63, 3.8) is 0 Å². The van der Waals surface area contributed by atoms with Crippen LogP contribution in [0.25, 0.3) is 0 Å². The molecule has 0 saturated heterocycles. The number of carbonyl (C=O) groups excluding carboxylic acids is 1. The summed E-state index contributed by atoms with van der Waals surface area (Å²) in [6, 6.07) is 15.1. The molecule has 2 aromatic carbocycles. The molecule has 122 valence electrons. The Morgan fingerprint density at radius 3 is 2.39 bits per heavy atom. The van der Waals surface area contributed by atoms with E-state index in [1.807, 2.05) is 49.4 Å². The summed E-state index contributed by atoms with van der Waals surface area (Å²) in [6.45, 7) is 4.02. The van der Waals surface area contributed by atoms with E-state index in [0.717, 1.165) is 12.1 Å². The van der Waals surface area contributed by atoms with Gasteiger partial charge < -0.3 is 14.8 Å². The zero-order chi connectivity index (χ0) is 16.7. The van der Waals surface area contributed by atoms with Gasteiger partial charge in [0, 0.05) is 11.8 Å². The lowest BCUT2D eigenvalue weighted by Gasteiger charge is -2.17. The fraction of sp³-hybridized carbons (Fsp3) is 0.316. The molecule has 4 nitrogen and oxygen atoms in total. The number of nitrogens with one attached hydrogen (secondary N) is 1. The average Bonchev–Trinajstić information content (AvgIpc) is 2.60. The van der Waals surface area contributed by atoms with Crippen molar-refractivity contribution in [3.05, 3.63) is 54.1 Å². The van der Waals surface area contributed by atoms with Crippen molar-refractivity contribution >= 4 is 11.6 Å². The highest BCUT2D eigenvalue weighted by molar-refractivity contribution is 5.94. The molecule has 0 spiro atoms. The van der Waals surface area contributed by atoms with E-state index in [-0.39, 0.29) is 5.91 Å². The lowest BCUT2D eigenvalue weighted by Crippen LogP contribution is -2.32. The molecule has 2 aromatic rings. The Bertz CT molecular complexity index is 637. The minimum atomic E-state index is -0.548. The maximum atomic E-state index is 12.4. The summed E-state index contributed by atoms with van der Waals surface area (Å²) in [5, 5.41) is 2.90. The molecular weight excluding hydrogens is 290 g/mol. The molecule has 0 saturated carbocycles. The minimum Gasteiger partial charge on any atom is -0.497 e. The largest absolute Gasteiger partial charge is 0.497 e. The highest BCUT2D eigenvalue weighted by Gasteiger charge is 2.18. The summed E-state index contributed by atoms with van der Waals surface area (Å²) in [5.74, 6) is 1.17. The van der Waals surface area contributed by atoms with Crippen LogP contribution in [0.5, 0.6) is 11.5 Å². The second-order valence-electron chi connectivity index (χ2n) is 5.23. The van der Waals surface area contributed by atoms with E-state index in [2.05, 4.69) is 12.2 Å². The van der Waals surface area contributed by atoms with Crippen LogP contribution in [-0.2, 0) is 11.2 Å². The topological polar surface area (TPSA) is 47.6 Å². The van der Waals surface area contributed by atoms with Crippen LogP contribution in [0.3, 0.4) is 0 Å². The van der Waals surface area contributed by atoms with Crippen LogP contribution in [0.1, 0.15) is 25.8 Å². The lowest BCUT2D eigenvalue weighted by molar-refractivity contribution is -0.122. The SMILES string of the molecule is CCc1ccc(NC(=O)[C@@H](CC)Oc2cccc(OC)c2)cc1. The first-order valence-corrected chi connectivity index (χ1v) is 7.86. The smallest absolute Gasteiger partial charge is 0.265 e. The Morgan fingerprint density at radius 1 is 1.09 bits per heavy atom. The number of aryl methyl sites for hydroxylation is 1. The molecule has 2 rings (SSSR count). The summed E-state index contributed by atoms with van der Waals surface area (Å²) in [7, 11) is 1.60. The van der Waals surface area contributed by atoms with Crippen LogP contribution in [0.15, 0.2) is 48.5 Å². The van der Waals surface area contributed by atoms with Crippen LogP contribution in [0.4, 0.5) is 5.69 Å². The van der Waals surface area contributed by atoms with Crippen LogP contribution in [0, 0.1) is 0 Å². The molecule has 23 heavy (non-hydrogen) atoms. The molecule has 1 N–H and O–H groups in total. The van der Waals surface area contributed by atoms with Crippen molar-refractivity contribution < 1.29 is 14.3 Å². The van der Waals surface area contributed by atoms with Crippen LogP contribution < -0.4 is 14.8 Å². The Kier molecular flexibility index (Phi) is 6.03. The summed E-state index contributed by atoms with van der Waals surface area (Å²) in [4.78, 5) is 12.4. The summed E-state index contributed by atoms with van der Waals surface area (Å²) in [5.41, 5.74) is 2.02. The van der Waals surface area contributed by atoms with Gasteiger partial charge in [-0.15, -0.1) is 0 Å². The first kappa shape index (κ1) is 16.9. The number of amides is 1. The van der Waals surface area contributed by atoms with E-state index in [1.165, 1.54) is 5.56 Å². The zero-order valence-corrected chi connectivity index (χ0v) is 13.8. The van der Waals surface area contributed by atoms with E-state index in [0.29, 0.717) is 17.9 Å². The van der Waals surface area contributed by atoms with E-state index >= 15 is 0 Å². The number of methoxy groups -OCH3 is 1. The molecule has 0 fully saturated rings. The third-order valence-corrected chi connectivity index (χ3v) is 3.61. The van der Waals surface area contributed by atoms with Crippen LogP contribution in [-0.4, -0.2) is 19.1 Å². The molecule has 0 bridgehead atoms. The van der Waals surface area contributed by atoms with Crippen molar-refractivity contribution in [2.45, 2.75) is 32.8 Å². The van der Waals surface area contributed by atoms with Crippen molar-refractivity contribution in [1.29, 1.82) is 0 Å². The van der Waals surface area contributed by atoms with E-state index in [4.69, 9.17) is 9.47 Å². The number of hydrogen-bond acceptors (Lipinski definition) is 3. The molecule has 1 amide bonds. The van der Waals surface area contributed by atoms with E-state index < -0.39 is 6.10 Å². The van der Waals surface area contributed by atoms with Gasteiger partial charge in [-0.05, 0) is 42.7 Å². The minimum absolute atomic E-state index is 0.153. The quantitative estimate of drug-likeness (QED) is 0.838. The molecule has 0 aliphatic carbocycles. The second-order valence-corrected chi connectivity index (χ2v) is 5.23. The van der Waals surface area contributed by atoms with Crippen molar-refractivity contribution in [1.82, 2.24) is 0 Å². The van der Waals surface area contributed by atoms with Gasteiger partial charge in [0.2, 0.25) is 0 Å². The molecule has 0 radical (unpaired) electrons. The van der Waals surface area contributed by atoms with Gasteiger partial charge in [0.15, 0.2) is 6.10 Å². The third-order valence-electron chi connectivity index (χ3n) is 3.61. The molecule has 0 unspecified atom stereocenters. The van der Waals surface area contributed by atoms with Crippen LogP contribution in [0.2, 0.25) is 0 Å². The molecule has 4 heteroatoms. The normalized spacial score (nSPS) is 11.6. The van der Waals surface area contributed by atoms with Gasteiger partial charge in [-0.1, -0.05) is 32.0 Å². The number of benzene rings is 2. The van der Waals surface area contributed by atoms with Crippen LogP contribution >= 0.6 is 0 Å². The van der Waals surface area contributed by atoms with Gasteiger partial charge in [0.05, 0.1) is 7.11 Å². The van der Waals surface area contributed by atoms with Crippen molar-refractivity contribution in [3.8, 4) is 11.5 Å². The third kappa shape index (κ3) is 4.74. The predicted molar refractivity (Wildman–Crippen MR) is 92.2 cm³/mol. The molecule has 0 heterocycles. The van der Waals surface area contributed by atoms with Gasteiger partial charge in [-0.3, -0.25) is 4.79 Å². The number of rotatable bonds is 7. The highest BCUT2D eigenvalue weighted by Crippen LogP contribution is 2.21. The van der Waals surface area contributed by atoms with E-state index in [1.54, 1.807) is 13.2 Å². The molecule has 0 aliphatic rings. The summed E-state index contributed by atoms with van der Waals surface area (Å²) in [6.07, 6.45) is 1.01. The first-order chi connectivity index (χ1) is 11.2. The summed E-state index contributed by atoms with van der Waals surface area (Å²) < 4.78 is 11.0. The van der Waals surface area contributed by atoms with Gasteiger partial charge in [-0.2, -0.15) is 0 Å². The Morgan fingerprint density at radius 2 is 1.78 bits per heavy atom. The maximum absolute atomic E-state index is 12.4. The van der Waals surface area contributed by atoms with Gasteiger partial charge in [0.1, 0.15) is 11.5 Å². The highest BCUT2D eigenvalue weighted by atomic mass is 16.5. The number of carbonyl (C=O) groups is 1. The number of anilines is 1. The number of ether oxygens (including phenoxy) is 2. The fourth-order valence-electron chi connectivity index (χ4n) is 2.21. The monoisotopic (exact) mass is 313 g/mol. The zero-order valence-electron chi connectivity index (χ0n) is 13.8. The Labute approximate surface area is 137 Å².